The summed E-state index contributed by atoms with van der Waals surface area (Å²) < 4.78 is 31.7. The Morgan fingerprint density at radius 3 is 2.97 bits per heavy atom. The fourth-order valence-electron chi connectivity index (χ4n) is 5.92. The minimum absolute atomic E-state index is 0.0374. The van der Waals surface area contributed by atoms with Crippen molar-refractivity contribution < 1.29 is 28.5 Å². The Balaban J connectivity index is 1.13. The molecule has 0 aliphatic carbocycles. The van der Waals surface area contributed by atoms with Gasteiger partial charge in [-0.3, -0.25) is 14.7 Å². The molecule has 2 N–H and O–H groups in total. The molecule has 1 aromatic heterocycles. The number of aryl methyl sites for hydroxylation is 2. The minimum atomic E-state index is -0.973. The summed E-state index contributed by atoms with van der Waals surface area (Å²) in [5, 5.41) is 13.5. The first-order valence-electron chi connectivity index (χ1n) is 13.8. The number of carbonyl (C=O) groups is 1. The standard InChI is InChI=1S/C29H38FN3O5/c1-36-26-17-20(32-24-7-4-12-31-27(24)26)6-2-3-14-37-21-11-13-33(18-21)28(29(34)35)23-16-19(30)9-10-22(23)25-8-5-15-38-25/h9-10,16-17,21,25,28,31H,2-8,11-15,18H2,1H3,(H,34,35)/t21-,25?,28?/m1/s1. The fraction of sp³-hybridized carbons (Fsp3) is 0.586. The molecule has 0 radical (unpaired) electrons. The van der Waals surface area contributed by atoms with E-state index < -0.39 is 17.8 Å². The molecule has 2 unspecified atom stereocenters. The van der Waals surface area contributed by atoms with Crippen molar-refractivity contribution in [2.24, 2.45) is 0 Å². The van der Waals surface area contributed by atoms with Crippen LogP contribution in [0.2, 0.25) is 0 Å². The Bertz CT molecular complexity index is 1110. The Kier molecular flexibility index (Phi) is 8.76. The van der Waals surface area contributed by atoms with Gasteiger partial charge in [-0.1, -0.05) is 6.07 Å². The van der Waals surface area contributed by atoms with E-state index >= 15 is 0 Å². The molecule has 8 nitrogen and oxygen atoms in total. The van der Waals surface area contributed by atoms with Crippen LogP contribution in [0, 0.1) is 5.82 Å². The second kappa shape index (κ2) is 12.4. The molecule has 2 aromatic rings. The zero-order valence-corrected chi connectivity index (χ0v) is 22.1. The van der Waals surface area contributed by atoms with Crippen molar-refractivity contribution in [2.45, 2.75) is 69.6 Å². The first-order valence-corrected chi connectivity index (χ1v) is 13.8. The second-order valence-corrected chi connectivity index (χ2v) is 10.4. The fourth-order valence-corrected chi connectivity index (χ4v) is 5.92. The molecular weight excluding hydrogens is 489 g/mol. The lowest BCUT2D eigenvalue weighted by Crippen LogP contribution is -2.34. The summed E-state index contributed by atoms with van der Waals surface area (Å²) >= 11 is 0. The van der Waals surface area contributed by atoms with Crippen molar-refractivity contribution in [3.63, 3.8) is 0 Å². The van der Waals surface area contributed by atoms with Crippen LogP contribution >= 0.6 is 0 Å². The predicted octanol–water partition coefficient (Wildman–Crippen LogP) is 4.68. The molecule has 9 heteroatoms. The Morgan fingerprint density at radius 2 is 2.18 bits per heavy atom. The van der Waals surface area contributed by atoms with Crippen LogP contribution in [-0.4, -0.2) is 67.0 Å². The second-order valence-electron chi connectivity index (χ2n) is 10.4. The van der Waals surface area contributed by atoms with Gasteiger partial charge in [-0.2, -0.15) is 0 Å². The molecule has 5 rings (SSSR count). The minimum Gasteiger partial charge on any atom is -0.494 e. The number of carboxylic acid groups (broad SMARTS) is 1. The van der Waals surface area contributed by atoms with Gasteiger partial charge in [-0.05, 0) is 74.6 Å². The number of rotatable bonds is 11. The van der Waals surface area contributed by atoms with Gasteiger partial charge in [0.25, 0.3) is 0 Å². The molecule has 2 saturated heterocycles. The summed E-state index contributed by atoms with van der Waals surface area (Å²) in [6.45, 7) is 3.31. The van der Waals surface area contributed by atoms with Gasteiger partial charge in [0.05, 0.1) is 30.7 Å². The summed E-state index contributed by atoms with van der Waals surface area (Å²) in [5.41, 5.74) is 4.43. The number of benzene rings is 1. The van der Waals surface area contributed by atoms with E-state index in [4.69, 9.17) is 19.2 Å². The number of unbranched alkanes of at least 4 members (excludes halogenated alkanes) is 1. The summed E-state index contributed by atoms with van der Waals surface area (Å²) in [7, 11) is 1.70. The quantitative estimate of drug-likeness (QED) is 0.407. The topological polar surface area (TPSA) is 93.2 Å². The number of nitrogens with zero attached hydrogens (tertiary/aromatic N) is 2. The number of fused-ring (bicyclic) bond motifs is 1. The SMILES string of the molecule is COc1cc(CCCCO[C@@H]2CCN(C(C(=O)O)c3cc(F)ccc3C3CCCO3)C2)nc2c1NCCC2. The Labute approximate surface area is 223 Å². The Morgan fingerprint density at radius 1 is 1.29 bits per heavy atom. The van der Waals surface area contributed by atoms with Gasteiger partial charge in [-0.15, -0.1) is 0 Å². The molecule has 38 heavy (non-hydrogen) atoms. The molecule has 1 aromatic carbocycles. The van der Waals surface area contributed by atoms with Crippen molar-refractivity contribution in [3.05, 3.63) is 52.6 Å². The molecule has 0 bridgehead atoms. The summed E-state index contributed by atoms with van der Waals surface area (Å²) in [5.74, 6) is -0.540. The number of pyridine rings is 1. The first-order chi connectivity index (χ1) is 18.5. The normalized spacial score (nSPS) is 22.2. The van der Waals surface area contributed by atoms with Crippen LogP contribution in [0.4, 0.5) is 10.1 Å². The number of ether oxygens (including phenoxy) is 3. The molecule has 0 saturated carbocycles. The van der Waals surface area contributed by atoms with E-state index in [1.54, 1.807) is 13.2 Å². The first kappa shape index (κ1) is 26.8. The van der Waals surface area contributed by atoms with Crippen LogP contribution in [0.1, 0.15) is 73.2 Å². The lowest BCUT2D eigenvalue weighted by molar-refractivity contribution is -0.143. The largest absolute Gasteiger partial charge is 0.494 e. The van der Waals surface area contributed by atoms with Crippen molar-refractivity contribution in [2.75, 3.05) is 45.3 Å². The number of aromatic nitrogens is 1. The van der Waals surface area contributed by atoms with Gasteiger partial charge < -0.3 is 24.6 Å². The molecular formula is C29H38FN3O5. The molecule has 0 amide bonds. The number of hydrogen-bond donors (Lipinski definition) is 2. The van der Waals surface area contributed by atoms with E-state index in [0.29, 0.717) is 31.9 Å². The molecule has 4 heterocycles. The number of nitrogens with one attached hydrogen (secondary N) is 1. The van der Waals surface area contributed by atoms with Gasteiger partial charge >= 0.3 is 5.97 Å². The smallest absolute Gasteiger partial charge is 0.325 e. The highest BCUT2D eigenvalue weighted by Gasteiger charge is 2.37. The van der Waals surface area contributed by atoms with Crippen LogP contribution in [0.15, 0.2) is 24.3 Å². The van der Waals surface area contributed by atoms with Crippen LogP contribution in [-0.2, 0) is 27.1 Å². The number of aliphatic carboxylic acids is 1. The van der Waals surface area contributed by atoms with Crippen molar-refractivity contribution in [1.29, 1.82) is 0 Å². The average molecular weight is 528 g/mol. The number of likely N-dealkylation sites (tertiary alicyclic amines) is 1. The number of anilines is 1. The van der Waals surface area contributed by atoms with Gasteiger partial charge in [-0.25, -0.2) is 4.39 Å². The van der Waals surface area contributed by atoms with Gasteiger partial charge in [0.2, 0.25) is 0 Å². The van der Waals surface area contributed by atoms with Crippen LogP contribution < -0.4 is 10.1 Å². The Hall–Kier alpha value is -2.75. The number of hydrogen-bond acceptors (Lipinski definition) is 7. The molecule has 0 spiro atoms. The van der Waals surface area contributed by atoms with Crippen LogP contribution in [0.5, 0.6) is 5.75 Å². The van der Waals surface area contributed by atoms with E-state index in [9.17, 15) is 14.3 Å². The number of carboxylic acids is 1. The molecule has 206 valence electrons. The summed E-state index contributed by atoms with van der Waals surface area (Å²) in [6, 6.07) is 5.55. The summed E-state index contributed by atoms with van der Waals surface area (Å²) in [4.78, 5) is 19.1. The van der Waals surface area contributed by atoms with Crippen molar-refractivity contribution in [3.8, 4) is 5.75 Å². The van der Waals surface area contributed by atoms with Gasteiger partial charge in [0.15, 0.2) is 0 Å². The maximum atomic E-state index is 14.2. The third kappa shape index (κ3) is 6.11. The van der Waals surface area contributed by atoms with Crippen molar-refractivity contribution >= 4 is 11.7 Å². The number of methoxy groups -OCH3 is 1. The van der Waals surface area contributed by atoms with Crippen LogP contribution in [0.3, 0.4) is 0 Å². The van der Waals surface area contributed by atoms with E-state index in [1.165, 1.54) is 12.1 Å². The highest BCUT2D eigenvalue weighted by atomic mass is 19.1. The third-order valence-corrected chi connectivity index (χ3v) is 7.80. The van der Waals surface area contributed by atoms with E-state index in [1.807, 2.05) is 11.0 Å². The lowest BCUT2D eigenvalue weighted by Gasteiger charge is -2.28. The van der Waals surface area contributed by atoms with E-state index in [0.717, 1.165) is 86.3 Å². The molecule has 2 fully saturated rings. The predicted molar refractivity (Wildman–Crippen MR) is 141 cm³/mol. The molecule has 3 atom stereocenters. The van der Waals surface area contributed by atoms with Crippen molar-refractivity contribution in [1.82, 2.24) is 9.88 Å². The maximum Gasteiger partial charge on any atom is 0.325 e. The van der Waals surface area contributed by atoms with Gasteiger partial charge in [0.1, 0.15) is 17.6 Å². The third-order valence-electron chi connectivity index (χ3n) is 7.80. The van der Waals surface area contributed by atoms with Gasteiger partial charge in [0, 0.05) is 44.6 Å². The van der Waals surface area contributed by atoms with E-state index in [2.05, 4.69) is 5.32 Å². The highest BCUT2D eigenvalue weighted by molar-refractivity contribution is 5.76. The van der Waals surface area contributed by atoms with E-state index in [-0.39, 0.29) is 12.2 Å². The summed E-state index contributed by atoms with van der Waals surface area (Å²) in [6.07, 6.45) is 7.03. The zero-order chi connectivity index (χ0) is 26.5. The number of halogens is 1. The molecule has 3 aliphatic heterocycles. The lowest BCUT2D eigenvalue weighted by atomic mass is 9.94. The van der Waals surface area contributed by atoms with Crippen LogP contribution in [0.25, 0.3) is 0 Å². The monoisotopic (exact) mass is 527 g/mol. The average Bonchev–Trinajstić information content (AvgIpc) is 3.61. The zero-order valence-electron chi connectivity index (χ0n) is 22.1. The molecule has 3 aliphatic rings. The highest BCUT2D eigenvalue weighted by Crippen LogP contribution is 2.37. The maximum absolute atomic E-state index is 14.2.